The zero-order chi connectivity index (χ0) is 20.9. The highest BCUT2D eigenvalue weighted by Crippen LogP contribution is 2.56. The first-order valence-corrected chi connectivity index (χ1v) is 9.80. The van der Waals surface area contributed by atoms with Crippen LogP contribution in [0, 0.1) is 0 Å². The standard InChI is InChI=1S/C23H15N5O3/c29-22-15-10-4-5-11-16(15)23(30)28(22)27-18(14-8-2-1-3-9-14)19(27)21-25-20(26-31-21)17-12-6-7-13-24-17/h1-13,18-19H. The number of nitrogens with zero attached hydrogens (tertiary/aromatic N) is 5. The molecule has 0 spiro atoms. The van der Waals surface area contributed by atoms with Gasteiger partial charge in [0.15, 0.2) is 0 Å². The van der Waals surface area contributed by atoms with Crippen LogP contribution in [0.2, 0.25) is 0 Å². The molecule has 0 aliphatic carbocycles. The van der Waals surface area contributed by atoms with Crippen LogP contribution < -0.4 is 0 Å². The molecule has 2 aromatic heterocycles. The highest BCUT2D eigenvalue weighted by Gasteiger charge is 2.61. The number of carbonyl (C=O) groups is 2. The Labute approximate surface area is 176 Å². The third kappa shape index (κ3) is 2.69. The van der Waals surface area contributed by atoms with Crippen molar-refractivity contribution in [1.82, 2.24) is 25.1 Å². The zero-order valence-corrected chi connectivity index (χ0v) is 16.1. The molecule has 2 aromatic carbocycles. The summed E-state index contributed by atoms with van der Waals surface area (Å²) in [6, 6.07) is 21.2. The third-order valence-corrected chi connectivity index (χ3v) is 5.51. The second-order valence-electron chi connectivity index (χ2n) is 7.32. The maximum Gasteiger partial charge on any atom is 0.276 e. The molecule has 0 N–H and O–H groups in total. The minimum Gasteiger partial charge on any atom is -0.337 e. The van der Waals surface area contributed by atoms with Crippen LogP contribution in [-0.4, -0.2) is 37.0 Å². The van der Waals surface area contributed by atoms with E-state index >= 15 is 0 Å². The van der Waals surface area contributed by atoms with Gasteiger partial charge in [0.1, 0.15) is 11.7 Å². The summed E-state index contributed by atoms with van der Waals surface area (Å²) in [5.74, 6) is -0.0234. The molecule has 6 rings (SSSR count). The van der Waals surface area contributed by atoms with Crippen molar-refractivity contribution in [3.05, 3.63) is 102 Å². The molecule has 2 aliphatic rings. The van der Waals surface area contributed by atoms with Gasteiger partial charge >= 0.3 is 0 Å². The van der Waals surface area contributed by atoms with Gasteiger partial charge in [-0.2, -0.15) is 9.99 Å². The molecule has 0 bridgehead atoms. The van der Waals surface area contributed by atoms with Gasteiger partial charge in [0.25, 0.3) is 11.8 Å². The number of fused-ring (bicyclic) bond motifs is 1. The van der Waals surface area contributed by atoms with Crippen LogP contribution in [0.5, 0.6) is 0 Å². The minimum atomic E-state index is -0.436. The van der Waals surface area contributed by atoms with E-state index in [1.165, 1.54) is 5.01 Å². The van der Waals surface area contributed by atoms with E-state index in [0.29, 0.717) is 28.5 Å². The molecule has 4 aromatic rings. The van der Waals surface area contributed by atoms with Crippen molar-refractivity contribution in [2.24, 2.45) is 0 Å². The Morgan fingerprint density at radius 1 is 0.774 bits per heavy atom. The van der Waals surface area contributed by atoms with Crippen LogP contribution >= 0.6 is 0 Å². The van der Waals surface area contributed by atoms with Crippen molar-refractivity contribution >= 4 is 11.8 Å². The Kier molecular flexibility index (Phi) is 3.81. The lowest BCUT2D eigenvalue weighted by Crippen LogP contribution is -2.35. The van der Waals surface area contributed by atoms with Crippen molar-refractivity contribution in [3.8, 4) is 11.5 Å². The number of benzene rings is 2. The largest absolute Gasteiger partial charge is 0.337 e. The summed E-state index contributed by atoms with van der Waals surface area (Å²) in [4.78, 5) is 34.9. The zero-order valence-electron chi connectivity index (χ0n) is 16.1. The van der Waals surface area contributed by atoms with Crippen molar-refractivity contribution in [2.45, 2.75) is 12.1 Å². The molecule has 2 amide bonds. The summed E-state index contributed by atoms with van der Waals surface area (Å²) < 4.78 is 5.54. The monoisotopic (exact) mass is 409 g/mol. The smallest absolute Gasteiger partial charge is 0.276 e. The number of imide groups is 1. The van der Waals surface area contributed by atoms with Gasteiger partial charge in [-0.15, -0.1) is 0 Å². The van der Waals surface area contributed by atoms with Gasteiger partial charge in [0.05, 0.1) is 17.2 Å². The summed E-state index contributed by atoms with van der Waals surface area (Å²) in [7, 11) is 0. The normalized spacial score (nSPS) is 21.9. The molecular weight excluding hydrogens is 394 g/mol. The Morgan fingerprint density at radius 2 is 1.45 bits per heavy atom. The quantitative estimate of drug-likeness (QED) is 0.377. The topological polar surface area (TPSA) is 92.2 Å². The number of hydrazine groups is 1. The number of carbonyl (C=O) groups excluding carboxylic acids is 2. The summed E-state index contributed by atoms with van der Waals surface area (Å²) >= 11 is 0. The van der Waals surface area contributed by atoms with Crippen LogP contribution in [0.25, 0.3) is 11.5 Å². The van der Waals surface area contributed by atoms with Gasteiger partial charge in [-0.1, -0.05) is 53.7 Å². The van der Waals surface area contributed by atoms with Gasteiger partial charge < -0.3 is 4.52 Å². The molecule has 8 heteroatoms. The van der Waals surface area contributed by atoms with Crippen LogP contribution in [0.4, 0.5) is 0 Å². The number of rotatable bonds is 4. The Morgan fingerprint density at radius 3 is 2.13 bits per heavy atom. The highest BCUT2D eigenvalue weighted by atomic mass is 16.5. The summed E-state index contributed by atoms with van der Waals surface area (Å²) in [5, 5.41) is 6.95. The minimum absolute atomic E-state index is 0.277. The lowest BCUT2D eigenvalue weighted by Gasteiger charge is -2.16. The van der Waals surface area contributed by atoms with E-state index < -0.39 is 6.04 Å². The molecule has 0 radical (unpaired) electrons. The molecule has 3 atom stereocenters. The lowest BCUT2D eigenvalue weighted by molar-refractivity contribution is 0.0332. The molecule has 4 heterocycles. The van der Waals surface area contributed by atoms with Crippen molar-refractivity contribution < 1.29 is 14.1 Å². The molecule has 31 heavy (non-hydrogen) atoms. The number of aromatic nitrogens is 3. The maximum absolute atomic E-state index is 13.1. The van der Waals surface area contributed by atoms with E-state index in [9.17, 15) is 9.59 Å². The van der Waals surface area contributed by atoms with E-state index in [1.807, 2.05) is 36.4 Å². The molecule has 1 saturated heterocycles. The van der Waals surface area contributed by atoms with E-state index in [4.69, 9.17) is 4.52 Å². The van der Waals surface area contributed by atoms with Crippen LogP contribution in [0.3, 0.4) is 0 Å². The Balaban J connectivity index is 1.39. The van der Waals surface area contributed by atoms with E-state index in [1.54, 1.807) is 47.6 Å². The lowest BCUT2D eigenvalue weighted by atomic mass is 10.1. The van der Waals surface area contributed by atoms with Gasteiger partial charge in [-0.25, -0.2) is 5.01 Å². The molecule has 1 fully saturated rings. The molecule has 3 unspecified atom stereocenters. The average molecular weight is 409 g/mol. The van der Waals surface area contributed by atoms with Crippen molar-refractivity contribution in [1.29, 1.82) is 0 Å². The maximum atomic E-state index is 13.1. The summed E-state index contributed by atoms with van der Waals surface area (Å²) in [5.41, 5.74) is 2.32. The third-order valence-electron chi connectivity index (χ3n) is 5.51. The average Bonchev–Trinajstić information content (AvgIpc) is 3.23. The predicted octanol–water partition coefficient (Wildman–Crippen LogP) is 3.44. The summed E-state index contributed by atoms with van der Waals surface area (Å²) in [6.45, 7) is 0. The van der Waals surface area contributed by atoms with E-state index in [2.05, 4.69) is 15.1 Å². The highest BCUT2D eigenvalue weighted by molar-refractivity contribution is 6.21. The van der Waals surface area contributed by atoms with Gasteiger partial charge in [-0.05, 0) is 29.8 Å². The Hall–Kier alpha value is -4.17. The fraction of sp³-hybridized carbons (Fsp3) is 0.0870. The first kappa shape index (κ1) is 17.7. The van der Waals surface area contributed by atoms with Gasteiger partial charge in [0, 0.05) is 6.20 Å². The second kappa shape index (κ2) is 6.68. The van der Waals surface area contributed by atoms with Crippen molar-refractivity contribution in [3.63, 3.8) is 0 Å². The predicted molar refractivity (Wildman–Crippen MR) is 108 cm³/mol. The number of hydrogen-bond donors (Lipinski definition) is 0. The fourth-order valence-corrected chi connectivity index (χ4v) is 4.04. The first-order chi connectivity index (χ1) is 15.2. The number of hydrogen-bond acceptors (Lipinski definition) is 7. The molecular formula is C23H15N5O3. The SMILES string of the molecule is O=C1c2ccccc2C(=O)N1N1C(c2ccccc2)C1c1nc(-c2ccccn2)no1. The van der Waals surface area contributed by atoms with Gasteiger partial charge in [0.2, 0.25) is 11.7 Å². The molecule has 2 aliphatic heterocycles. The second-order valence-corrected chi connectivity index (χ2v) is 7.32. The number of amides is 2. The number of pyridine rings is 1. The van der Waals surface area contributed by atoms with E-state index in [0.717, 1.165) is 5.56 Å². The fourth-order valence-electron chi connectivity index (χ4n) is 4.04. The Bertz CT molecular complexity index is 1270. The molecule has 0 saturated carbocycles. The van der Waals surface area contributed by atoms with Gasteiger partial charge in [-0.3, -0.25) is 14.6 Å². The summed E-state index contributed by atoms with van der Waals surface area (Å²) in [6.07, 6.45) is 1.65. The molecule has 150 valence electrons. The first-order valence-electron chi connectivity index (χ1n) is 9.80. The molecule has 8 nitrogen and oxygen atoms in total. The van der Waals surface area contributed by atoms with E-state index in [-0.39, 0.29) is 17.9 Å². The van der Waals surface area contributed by atoms with Crippen LogP contribution in [-0.2, 0) is 0 Å². The van der Waals surface area contributed by atoms with Crippen molar-refractivity contribution in [2.75, 3.05) is 0 Å². The van der Waals surface area contributed by atoms with Crippen LogP contribution in [0.1, 0.15) is 44.3 Å². The van der Waals surface area contributed by atoms with Crippen LogP contribution in [0.15, 0.2) is 83.5 Å².